The van der Waals surface area contributed by atoms with Crippen LogP contribution in [0.2, 0.25) is 0 Å². The van der Waals surface area contributed by atoms with Crippen molar-refractivity contribution < 1.29 is 69.1 Å². The van der Waals surface area contributed by atoms with Gasteiger partial charge in [-0.05, 0) is 89.0 Å². The van der Waals surface area contributed by atoms with Crippen molar-refractivity contribution in [3.63, 3.8) is 0 Å². The number of rotatable bonds is 19. The van der Waals surface area contributed by atoms with Crippen LogP contribution < -0.4 is 50.2 Å². The lowest BCUT2D eigenvalue weighted by Gasteiger charge is -2.35. The highest BCUT2D eigenvalue weighted by atomic mass is 19.1. The lowest BCUT2D eigenvalue weighted by Crippen LogP contribution is -2.46. The third-order valence-electron chi connectivity index (χ3n) is 21.8. The van der Waals surface area contributed by atoms with E-state index in [1.165, 1.54) is 37.2 Å². The van der Waals surface area contributed by atoms with Crippen LogP contribution in [0.15, 0.2) is 110 Å². The number of hydrogen-bond donors (Lipinski definition) is 7. The first-order valence-corrected chi connectivity index (χ1v) is 40.4. The number of piperazine rings is 3. The van der Waals surface area contributed by atoms with Gasteiger partial charge in [0.2, 0.25) is 17.6 Å². The summed E-state index contributed by atoms with van der Waals surface area (Å²) in [6, 6.07) is 18.5. The van der Waals surface area contributed by atoms with Crippen LogP contribution in [0.3, 0.4) is 0 Å². The summed E-state index contributed by atoms with van der Waals surface area (Å²) in [4.78, 5) is 105. The number of nitrogens with one attached hydrogen (secondary N) is 7. The summed E-state index contributed by atoms with van der Waals surface area (Å²) < 4.78 is 124. The van der Waals surface area contributed by atoms with Crippen LogP contribution in [0.25, 0.3) is 32.7 Å². The maximum absolute atomic E-state index is 15.4. The van der Waals surface area contributed by atoms with Gasteiger partial charge in [-0.3, -0.25) is 14.4 Å². The molecule has 0 radical (unpaired) electrons. The first-order valence-electron chi connectivity index (χ1n) is 40.4. The highest BCUT2D eigenvalue weighted by Gasteiger charge is 2.34. The van der Waals surface area contributed by atoms with Gasteiger partial charge in [-0.2, -0.15) is 0 Å². The second-order valence-corrected chi connectivity index (χ2v) is 30.0. The topological polar surface area (TPSA) is 344 Å². The summed E-state index contributed by atoms with van der Waals surface area (Å²) in [7, 11) is 2.10. The smallest absolute Gasteiger partial charge is 0.263 e. The Bertz CT molecular complexity index is 5790. The largest absolute Gasteiger partial charge is 0.435 e. The second kappa shape index (κ2) is 37.5. The van der Waals surface area contributed by atoms with Crippen LogP contribution in [-0.4, -0.2) is 273 Å². The minimum Gasteiger partial charge on any atom is -0.435 e. The maximum atomic E-state index is 15.4. The lowest BCUT2D eigenvalue weighted by molar-refractivity contribution is 0.0299. The summed E-state index contributed by atoms with van der Waals surface area (Å²) in [5.41, 5.74) is 4.80. The Kier molecular flexibility index (Phi) is 25.5. The molecule has 0 saturated carbocycles. The summed E-state index contributed by atoms with van der Waals surface area (Å²) in [5, 5.41) is 12.7. The maximum Gasteiger partial charge on any atom is 0.263 e. The van der Waals surface area contributed by atoms with Crippen molar-refractivity contribution in [3.05, 3.63) is 179 Å². The molecule has 39 heteroatoms. The van der Waals surface area contributed by atoms with Crippen molar-refractivity contribution >= 4 is 102 Å². The summed E-state index contributed by atoms with van der Waals surface area (Å²) in [6.07, 6.45) is 8.88. The molecule has 0 unspecified atom stereocenters. The number of amides is 3. The molecule has 0 bridgehead atoms. The number of benzene rings is 3. The molecular weight excluding hydrogens is 1600 g/mol. The zero-order valence-corrected chi connectivity index (χ0v) is 68.1. The lowest BCUT2D eigenvalue weighted by atomic mass is 10.2. The van der Waals surface area contributed by atoms with Crippen molar-refractivity contribution in [2.75, 3.05) is 202 Å². The normalized spacial score (nSPS) is 16.1. The standard InChI is InChI=1S/C29H32F2N8O3.C28H30F2N8O3.C27H28F2N8O3/c1-3-37-6-8-38(9-7-37)19-4-5-23(32-16-19)36-27-24(29(40)39-10-12-41-13-11-39)28(34-17-33-27)42-22-15-21(30)26-20(25(22)31)14-18(2)35-26;1-17-13-19-24(30)21(14-20(29)25(19)34-17)41-27-23(28(39)38-9-11-40-12-10-38)26(32-16-33-27)35-22-4-3-18(15-31-22)37-7-5-36(2)6-8-37;1-16-12-18-23(29)20(13-19(28)24(18)34-16)40-26-22(27(38)37-8-10-39-11-9-37)25(32-15-33-26)35-21-3-2-17(14-31-21)36-6-4-30-5-7-36/h4-5,14-17,35H,3,6-13H2,1-2H3,(H,32,33,34,36);3-4,13-16,34H,5-12H2,1-2H3,(H,31,32,33,35);2-3,12-15,30,34H,4-11H2,1H3,(H,31,32,33,35). The average molecular weight is 1690 g/mol. The van der Waals surface area contributed by atoms with Gasteiger partial charge in [-0.25, -0.2) is 71.2 Å². The fourth-order valence-corrected chi connectivity index (χ4v) is 15.1. The van der Waals surface area contributed by atoms with E-state index in [-0.39, 0.29) is 84.5 Å². The molecule has 18 rings (SSSR count). The number of hydrogen-bond acceptors (Lipinski definition) is 27. The van der Waals surface area contributed by atoms with Crippen LogP contribution in [0.1, 0.15) is 55.1 Å². The molecule has 6 fully saturated rings. The molecule has 0 atom stereocenters. The molecule has 33 nitrogen and oxygen atoms in total. The number of aromatic nitrogens is 12. The Morgan fingerprint density at radius 3 is 1.01 bits per heavy atom. The Morgan fingerprint density at radius 2 is 0.707 bits per heavy atom. The number of carbonyl (C=O) groups is 3. The van der Waals surface area contributed by atoms with E-state index in [0.717, 1.165) is 120 Å². The predicted octanol–water partition coefficient (Wildman–Crippen LogP) is 11.1. The average Bonchev–Trinajstić information content (AvgIpc) is 1.77. The first-order chi connectivity index (χ1) is 59.7. The number of likely N-dealkylation sites (N-methyl/N-ethyl adjacent to an activating group) is 2. The molecule has 0 spiro atoms. The van der Waals surface area contributed by atoms with E-state index in [2.05, 4.69) is 120 Å². The first kappa shape index (κ1) is 83.6. The van der Waals surface area contributed by atoms with Gasteiger partial charge in [0.25, 0.3) is 17.7 Å². The highest BCUT2D eigenvalue weighted by molar-refractivity contribution is 6.03. The second-order valence-electron chi connectivity index (χ2n) is 30.0. The number of nitrogens with zero attached hydrogens (tertiary/aromatic N) is 17. The SMILES string of the molecule is CCN1CCN(c2ccc(Nc3ncnc(Oc4cc(F)c5[nH]c(C)cc5c4F)c3C(=O)N3CCOCC3)nc2)CC1.Cc1cc2c(F)c(Oc3ncnc(Nc4ccc(N5CCN(C)CC5)cn4)c3C(=O)N3CCOCC3)cc(F)c2[nH]1.Cc1cc2c(F)c(Oc3ncnc(Nc4ccc(N5CCNCC5)cn4)c3C(=O)N3CCOCC3)cc(F)c2[nH]1. The van der Waals surface area contributed by atoms with Crippen molar-refractivity contribution in [1.82, 2.24) is 89.6 Å². The number of anilines is 9. The van der Waals surface area contributed by atoms with Gasteiger partial charge in [0, 0.05) is 169 Å². The molecule has 6 aliphatic heterocycles. The number of fused-ring (bicyclic) bond motifs is 3. The molecule has 9 aromatic heterocycles. The molecule has 642 valence electrons. The van der Waals surface area contributed by atoms with Crippen LogP contribution >= 0.6 is 0 Å². The molecular formula is C84H90F6N24O9. The fraction of sp³-hybridized carbons (Fsp3) is 0.357. The molecule has 6 aliphatic rings. The quantitative estimate of drug-likeness (QED) is 0.0370. The highest BCUT2D eigenvalue weighted by Crippen LogP contribution is 2.41. The number of aromatic amines is 3. The number of pyridine rings is 3. The van der Waals surface area contributed by atoms with Crippen LogP contribution in [0.4, 0.5) is 78.3 Å². The molecule has 3 amide bonds. The number of ether oxygens (including phenoxy) is 6. The summed E-state index contributed by atoms with van der Waals surface area (Å²) in [6.45, 7) is 23.8. The molecule has 7 N–H and O–H groups in total. The van der Waals surface area contributed by atoms with Gasteiger partial charge in [0.1, 0.15) is 53.1 Å². The van der Waals surface area contributed by atoms with Gasteiger partial charge < -0.3 is 104 Å². The summed E-state index contributed by atoms with van der Waals surface area (Å²) >= 11 is 0. The van der Waals surface area contributed by atoms with E-state index in [4.69, 9.17) is 28.4 Å². The number of morpholine rings is 3. The van der Waals surface area contributed by atoms with E-state index >= 15 is 13.2 Å². The Labute approximate surface area is 701 Å². The van der Waals surface area contributed by atoms with Crippen LogP contribution in [0, 0.1) is 55.7 Å². The molecule has 3 aromatic carbocycles. The van der Waals surface area contributed by atoms with Crippen molar-refractivity contribution in [2.24, 2.45) is 0 Å². The van der Waals surface area contributed by atoms with Crippen molar-refractivity contribution in [3.8, 4) is 34.9 Å². The third-order valence-corrected chi connectivity index (χ3v) is 21.8. The van der Waals surface area contributed by atoms with Gasteiger partial charge >= 0.3 is 0 Å². The number of carbonyl (C=O) groups excluding carboxylic acids is 3. The predicted molar refractivity (Wildman–Crippen MR) is 447 cm³/mol. The Hall–Kier alpha value is -13.1. The Balaban J connectivity index is 0.000000137. The molecule has 123 heavy (non-hydrogen) atoms. The van der Waals surface area contributed by atoms with E-state index < -0.39 is 69.9 Å². The third kappa shape index (κ3) is 18.9. The van der Waals surface area contributed by atoms with Crippen molar-refractivity contribution in [1.29, 1.82) is 0 Å². The number of aryl methyl sites for hydroxylation is 3. The van der Waals surface area contributed by atoms with Crippen LogP contribution in [-0.2, 0) is 14.2 Å². The van der Waals surface area contributed by atoms with Crippen LogP contribution in [0.5, 0.6) is 34.9 Å². The van der Waals surface area contributed by atoms with E-state index in [0.29, 0.717) is 113 Å². The minimum atomic E-state index is -0.774. The van der Waals surface area contributed by atoms with Gasteiger partial charge in [0.05, 0.1) is 91.8 Å². The van der Waals surface area contributed by atoms with Crippen molar-refractivity contribution in [2.45, 2.75) is 27.7 Å². The molecule has 6 saturated heterocycles. The molecule has 12 aromatic rings. The van der Waals surface area contributed by atoms with E-state index in [9.17, 15) is 27.6 Å². The molecule has 0 aliphatic carbocycles. The van der Waals surface area contributed by atoms with Gasteiger partial charge in [-0.15, -0.1) is 0 Å². The van der Waals surface area contributed by atoms with Gasteiger partial charge in [0.15, 0.2) is 69.6 Å². The molecule has 15 heterocycles. The zero-order valence-electron chi connectivity index (χ0n) is 68.1. The fourth-order valence-electron chi connectivity index (χ4n) is 15.1. The van der Waals surface area contributed by atoms with E-state index in [1.54, 1.807) is 66.2 Å². The summed E-state index contributed by atoms with van der Waals surface area (Å²) in [5.74, 6) is -5.78. The number of H-pyrrole nitrogens is 3. The monoisotopic (exact) mass is 1690 g/mol. The zero-order chi connectivity index (χ0) is 85.4. The van der Waals surface area contributed by atoms with Gasteiger partial charge in [-0.1, -0.05) is 6.92 Å². The number of halogens is 6. The Morgan fingerprint density at radius 1 is 0.398 bits per heavy atom. The van der Waals surface area contributed by atoms with E-state index in [1.807, 2.05) is 24.3 Å². The minimum absolute atomic E-state index is 0.0221.